The van der Waals surface area contributed by atoms with E-state index in [1.165, 1.54) is 20.3 Å². The van der Waals surface area contributed by atoms with Gasteiger partial charge in [-0.25, -0.2) is 0 Å². The van der Waals surface area contributed by atoms with Crippen LogP contribution in [0.3, 0.4) is 0 Å². The molecule has 60 valence electrons. The van der Waals surface area contributed by atoms with Gasteiger partial charge in [-0.3, -0.25) is 0 Å². The topological polar surface area (TPSA) is 0 Å². The first-order valence-corrected chi connectivity index (χ1v) is 5.67. The number of benzene rings is 1. The average Bonchev–Trinajstić information content (AvgIpc) is 2.01. The SMILES string of the molecule is Cc1ccc(CBr)c(C)c1I. The van der Waals surface area contributed by atoms with E-state index in [0.29, 0.717) is 0 Å². The molecular formula is C9H10BrI. The summed E-state index contributed by atoms with van der Waals surface area (Å²) in [6.45, 7) is 4.32. The van der Waals surface area contributed by atoms with Crippen LogP contribution < -0.4 is 0 Å². The molecule has 1 aromatic rings. The van der Waals surface area contributed by atoms with E-state index in [1.54, 1.807) is 0 Å². The number of rotatable bonds is 1. The van der Waals surface area contributed by atoms with Crippen molar-refractivity contribution in [3.05, 3.63) is 32.4 Å². The standard InChI is InChI=1S/C9H10BrI/c1-6-3-4-8(5-10)7(2)9(6)11/h3-4H,5H2,1-2H3. The molecule has 0 aliphatic rings. The molecule has 0 amide bonds. The van der Waals surface area contributed by atoms with Crippen LogP contribution in [0, 0.1) is 17.4 Å². The molecule has 0 fully saturated rings. The van der Waals surface area contributed by atoms with Gasteiger partial charge in [0.05, 0.1) is 0 Å². The van der Waals surface area contributed by atoms with E-state index in [1.807, 2.05) is 0 Å². The maximum absolute atomic E-state index is 3.46. The lowest BCUT2D eigenvalue weighted by Crippen LogP contribution is -1.91. The second kappa shape index (κ2) is 3.90. The van der Waals surface area contributed by atoms with Gasteiger partial charge in [0, 0.05) is 8.90 Å². The van der Waals surface area contributed by atoms with E-state index in [-0.39, 0.29) is 0 Å². The minimum absolute atomic E-state index is 0.953. The molecule has 1 aromatic carbocycles. The first kappa shape index (κ1) is 9.52. The van der Waals surface area contributed by atoms with Crippen molar-refractivity contribution in [2.45, 2.75) is 19.2 Å². The van der Waals surface area contributed by atoms with Gasteiger partial charge in [-0.1, -0.05) is 28.1 Å². The Morgan fingerprint density at radius 1 is 1.36 bits per heavy atom. The normalized spacial score (nSPS) is 10.2. The predicted molar refractivity (Wildman–Crippen MR) is 61.3 cm³/mol. The molecule has 0 saturated heterocycles. The van der Waals surface area contributed by atoms with Gasteiger partial charge in [0.1, 0.15) is 0 Å². The summed E-state index contributed by atoms with van der Waals surface area (Å²) < 4.78 is 1.39. The molecule has 0 nitrogen and oxygen atoms in total. The van der Waals surface area contributed by atoms with E-state index in [2.05, 4.69) is 64.5 Å². The van der Waals surface area contributed by atoms with Gasteiger partial charge in [-0.05, 0) is 53.1 Å². The molecule has 0 aromatic heterocycles. The summed E-state index contributed by atoms with van der Waals surface area (Å²) in [4.78, 5) is 0. The Morgan fingerprint density at radius 3 is 2.55 bits per heavy atom. The van der Waals surface area contributed by atoms with Crippen LogP contribution in [-0.4, -0.2) is 0 Å². The van der Waals surface area contributed by atoms with Crippen LogP contribution in [0.1, 0.15) is 16.7 Å². The minimum Gasteiger partial charge on any atom is -0.0876 e. The summed E-state index contributed by atoms with van der Waals surface area (Å²) in [5.74, 6) is 0. The number of alkyl halides is 1. The molecule has 1 rings (SSSR count). The van der Waals surface area contributed by atoms with Crippen LogP contribution in [0.15, 0.2) is 12.1 Å². The third-order valence-corrected chi connectivity index (χ3v) is 4.10. The van der Waals surface area contributed by atoms with Crippen molar-refractivity contribution in [2.75, 3.05) is 0 Å². The summed E-state index contributed by atoms with van der Waals surface area (Å²) in [5, 5.41) is 0.953. The summed E-state index contributed by atoms with van der Waals surface area (Å²) in [7, 11) is 0. The molecular weight excluding hydrogens is 315 g/mol. The molecule has 0 unspecified atom stereocenters. The molecule has 0 radical (unpaired) electrons. The summed E-state index contributed by atoms with van der Waals surface area (Å²) in [6, 6.07) is 4.35. The van der Waals surface area contributed by atoms with Crippen molar-refractivity contribution >= 4 is 38.5 Å². The predicted octanol–water partition coefficient (Wildman–Crippen LogP) is 3.80. The number of hydrogen-bond acceptors (Lipinski definition) is 0. The maximum atomic E-state index is 3.46. The summed E-state index contributed by atoms with van der Waals surface area (Å²) in [6.07, 6.45) is 0. The van der Waals surface area contributed by atoms with Crippen LogP contribution in [0.2, 0.25) is 0 Å². The van der Waals surface area contributed by atoms with Crippen molar-refractivity contribution in [2.24, 2.45) is 0 Å². The largest absolute Gasteiger partial charge is 0.0876 e. The van der Waals surface area contributed by atoms with Gasteiger partial charge in [0.2, 0.25) is 0 Å². The third-order valence-electron chi connectivity index (χ3n) is 1.84. The zero-order valence-corrected chi connectivity index (χ0v) is 10.4. The molecule has 0 saturated carbocycles. The van der Waals surface area contributed by atoms with Gasteiger partial charge >= 0.3 is 0 Å². The lowest BCUT2D eigenvalue weighted by molar-refractivity contribution is 1.25. The van der Waals surface area contributed by atoms with Crippen LogP contribution in [0.5, 0.6) is 0 Å². The van der Waals surface area contributed by atoms with Crippen molar-refractivity contribution in [3.63, 3.8) is 0 Å². The van der Waals surface area contributed by atoms with Crippen molar-refractivity contribution in [1.29, 1.82) is 0 Å². The van der Waals surface area contributed by atoms with Crippen molar-refractivity contribution in [3.8, 4) is 0 Å². The Labute approximate surface area is 89.7 Å². The molecule has 0 aliphatic carbocycles. The monoisotopic (exact) mass is 324 g/mol. The number of halogens is 2. The fraction of sp³-hybridized carbons (Fsp3) is 0.333. The highest BCUT2D eigenvalue weighted by atomic mass is 127. The summed E-state index contributed by atoms with van der Waals surface area (Å²) in [5.41, 5.74) is 4.16. The Kier molecular flexibility index (Phi) is 3.37. The number of hydrogen-bond donors (Lipinski definition) is 0. The molecule has 11 heavy (non-hydrogen) atoms. The Balaban J connectivity index is 3.25. The van der Waals surface area contributed by atoms with E-state index in [4.69, 9.17) is 0 Å². The minimum atomic E-state index is 0.953. The lowest BCUT2D eigenvalue weighted by atomic mass is 10.1. The van der Waals surface area contributed by atoms with Gasteiger partial charge < -0.3 is 0 Å². The van der Waals surface area contributed by atoms with Crippen molar-refractivity contribution < 1.29 is 0 Å². The molecule has 0 atom stereocenters. The molecule has 0 aliphatic heterocycles. The highest BCUT2D eigenvalue weighted by Gasteiger charge is 2.02. The van der Waals surface area contributed by atoms with E-state index in [0.717, 1.165) is 5.33 Å². The number of aryl methyl sites for hydroxylation is 1. The van der Waals surface area contributed by atoms with Gasteiger partial charge in [-0.2, -0.15) is 0 Å². The highest BCUT2D eigenvalue weighted by molar-refractivity contribution is 14.1. The molecule has 0 bridgehead atoms. The van der Waals surface area contributed by atoms with E-state index in [9.17, 15) is 0 Å². The van der Waals surface area contributed by atoms with Crippen molar-refractivity contribution in [1.82, 2.24) is 0 Å². The Morgan fingerprint density at radius 2 is 2.00 bits per heavy atom. The molecule has 2 heteroatoms. The zero-order chi connectivity index (χ0) is 8.43. The third kappa shape index (κ3) is 1.96. The van der Waals surface area contributed by atoms with E-state index >= 15 is 0 Å². The maximum Gasteiger partial charge on any atom is 0.0286 e. The lowest BCUT2D eigenvalue weighted by Gasteiger charge is -2.06. The highest BCUT2D eigenvalue weighted by Crippen LogP contribution is 2.21. The van der Waals surface area contributed by atoms with Crippen LogP contribution in [0.25, 0.3) is 0 Å². The molecule has 0 N–H and O–H groups in total. The van der Waals surface area contributed by atoms with Gasteiger partial charge in [0.25, 0.3) is 0 Å². The van der Waals surface area contributed by atoms with Gasteiger partial charge in [-0.15, -0.1) is 0 Å². The molecule has 0 heterocycles. The second-order valence-corrected chi connectivity index (χ2v) is 4.25. The molecule has 0 spiro atoms. The van der Waals surface area contributed by atoms with Crippen LogP contribution >= 0.6 is 38.5 Å². The van der Waals surface area contributed by atoms with Crippen LogP contribution in [-0.2, 0) is 5.33 Å². The first-order valence-electron chi connectivity index (χ1n) is 3.47. The Bertz CT molecular complexity index is 269. The van der Waals surface area contributed by atoms with Gasteiger partial charge in [0.15, 0.2) is 0 Å². The first-order chi connectivity index (χ1) is 5.16. The Hall–Kier alpha value is 0.430. The quantitative estimate of drug-likeness (QED) is 0.544. The van der Waals surface area contributed by atoms with E-state index < -0.39 is 0 Å². The summed E-state index contributed by atoms with van der Waals surface area (Å²) >= 11 is 5.86. The fourth-order valence-corrected chi connectivity index (χ4v) is 2.14. The van der Waals surface area contributed by atoms with Crippen LogP contribution in [0.4, 0.5) is 0 Å². The second-order valence-electron chi connectivity index (χ2n) is 2.61. The average molecular weight is 325 g/mol. The fourth-order valence-electron chi connectivity index (χ4n) is 1.01. The zero-order valence-electron chi connectivity index (χ0n) is 6.62. The smallest absolute Gasteiger partial charge is 0.0286 e.